The van der Waals surface area contributed by atoms with Gasteiger partial charge in [0, 0.05) is 25.6 Å². The Labute approximate surface area is 181 Å². The fourth-order valence-corrected chi connectivity index (χ4v) is 5.81. The summed E-state index contributed by atoms with van der Waals surface area (Å²) in [6.45, 7) is 12.1. The molecule has 0 aromatic carbocycles. The molecular formula is C22H42N6O2. The molecule has 8 heteroatoms. The standard InChI is InChI=1S/C22H42N6O2/c1-22(2,3)14-28-10-4-5-17(28)21-25-20(26-30-21)16-6-9-24-18(13-16)27-11-7-15(8-12-27)19(23)29/h15-18,20-21,24-26H,4-14H2,1-3H3,(H2,23,29). The molecule has 0 aromatic rings. The van der Waals surface area contributed by atoms with Gasteiger partial charge in [-0.05, 0) is 62.9 Å². The van der Waals surface area contributed by atoms with E-state index in [0.717, 1.165) is 51.9 Å². The topological polar surface area (TPSA) is 94.9 Å². The van der Waals surface area contributed by atoms with Crippen LogP contribution in [0.2, 0.25) is 0 Å². The third-order valence-corrected chi connectivity index (χ3v) is 7.37. The highest BCUT2D eigenvalue weighted by Gasteiger charge is 2.42. The summed E-state index contributed by atoms with van der Waals surface area (Å²) >= 11 is 0. The predicted molar refractivity (Wildman–Crippen MR) is 117 cm³/mol. The Morgan fingerprint density at radius 3 is 2.60 bits per heavy atom. The molecule has 1 amide bonds. The van der Waals surface area contributed by atoms with E-state index in [1.54, 1.807) is 0 Å². The largest absolute Gasteiger partial charge is 0.369 e. The van der Waals surface area contributed by atoms with E-state index < -0.39 is 0 Å². The van der Waals surface area contributed by atoms with Crippen LogP contribution >= 0.6 is 0 Å². The Hall–Kier alpha value is -0.770. The number of hydrogen-bond acceptors (Lipinski definition) is 7. The third-order valence-electron chi connectivity index (χ3n) is 7.37. The minimum atomic E-state index is -0.140. The van der Waals surface area contributed by atoms with Crippen molar-refractivity contribution < 1.29 is 9.63 Å². The van der Waals surface area contributed by atoms with Gasteiger partial charge in [0.25, 0.3) is 0 Å². The molecule has 172 valence electrons. The van der Waals surface area contributed by atoms with Gasteiger partial charge in [0.05, 0.1) is 18.4 Å². The summed E-state index contributed by atoms with van der Waals surface area (Å²) in [7, 11) is 0. The first kappa shape index (κ1) is 22.4. The quantitative estimate of drug-likeness (QED) is 0.520. The molecule has 0 spiro atoms. The van der Waals surface area contributed by atoms with Gasteiger partial charge < -0.3 is 11.1 Å². The Balaban J connectivity index is 1.28. The van der Waals surface area contributed by atoms with Gasteiger partial charge in [-0.15, -0.1) is 0 Å². The summed E-state index contributed by atoms with van der Waals surface area (Å²) in [6.07, 6.45) is 7.12. The van der Waals surface area contributed by atoms with Crippen LogP contribution in [-0.4, -0.2) is 73.0 Å². The van der Waals surface area contributed by atoms with Crippen molar-refractivity contribution in [2.75, 3.05) is 32.7 Å². The van der Waals surface area contributed by atoms with Crippen molar-refractivity contribution >= 4 is 5.91 Å². The van der Waals surface area contributed by atoms with Crippen molar-refractivity contribution in [1.82, 2.24) is 25.9 Å². The van der Waals surface area contributed by atoms with E-state index >= 15 is 0 Å². The summed E-state index contributed by atoms with van der Waals surface area (Å²) in [5.41, 5.74) is 9.14. The minimum absolute atomic E-state index is 0.0513. The van der Waals surface area contributed by atoms with Crippen molar-refractivity contribution in [3.8, 4) is 0 Å². The number of hydroxylamine groups is 1. The van der Waals surface area contributed by atoms with Crippen LogP contribution in [0.1, 0.15) is 59.3 Å². The van der Waals surface area contributed by atoms with Crippen LogP contribution in [0, 0.1) is 17.3 Å². The molecule has 5 N–H and O–H groups in total. The first-order valence-corrected chi connectivity index (χ1v) is 12.0. The zero-order chi connectivity index (χ0) is 21.3. The second-order valence-corrected chi connectivity index (χ2v) is 11.0. The van der Waals surface area contributed by atoms with Crippen molar-refractivity contribution in [2.24, 2.45) is 23.0 Å². The molecule has 0 bridgehead atoms. The number of carbonyl (C=O) groups is 1. The van der Waals surface area contributed by atoms with Crippen LogP contribution in [0.3, 0.4) is 0 Å². The first-order chi connectivity index (χ1) is 14.3. The fraction of sp³-hybridized carbons (Fsp3) is 0.955. The molecule has 4 heterocycles. The van der Waals surface area contributed by atoms with Crippen molar-refractivity contribution in [1.29, 1.82) is 0 Å². The lowest BCUT2D eigenvalue weighted by Crippen LogP contribution is -2.57. The number of rotatable bonds is 5. The number of hydrogen-bond donors (Lipinski definition) is 4. The number of nitrogens with two attached hydrogens (primary N) is 1. The molecule has 4 aliphatic heterocycles. The number of carbonyl (C=O) groups excluding carboxylic acids is 1. The maximum absolute atomic E-state index is 11.5. The highest BCUT2D eigenvalue weighted by atomic mass is 16.7. The molecule has 4 aliphatic rings. The van der Waals surface area contributed by atoms with Crippen LogP contribution in [0.5, 0.6) is 0 Å². The van der Waals surface area contributed by atoms with E-state index in [-0.39, 0.29) is 24.2 Å². The molecule has 5 atom stereocenters. The van der Waals surface area contributed by atoms with Gasteiger partial charge in [-0.3, -0.25) is 24.7 Å². The molecule has 5 unspecified atom stereocenters. The predicted octanol–water partition coefficient (Wildman–Crippen LogP) is 0.797. The second kappa shape index (κ2) is 9.38. The van der Waals surface area contributed by atoms with Gasteiger partial charge in [0.1, 0.15) is 6.23 Å². The lowest BCUT2D eigenvalue weighted by Gasteiger charge is -2.42. The summed E-state index contributed by atoms with van der Waals surface area (Å²) in [5.74, 6) is 0.446. The van der Waals surface area contributed by atoms with Crippen molar-refractivity contribution in [2.45, 2.75) is 83.9 Å². The summed E-state index contributed by atoms with van der Waals surface area (Å²) in [4.78, 5) is 22.6. The third kappa shape index (κ3) is 5.34. The smallest absolute Gasteiger partial charge is 0.220 e. The van der Waals surface area contributed by atoms with Crippen LogP contribution in [-0.2, 0) is 9.63 Å². The summed E-state index contributed by atoms with van der Waals surface area (Å²) < 4.78 is 0. The summed E-state index contributed by atoms with van der Waals surface area (Å²) in [5, 5.41) is 7.47. The van der Waals surface area contributed by atoms with Gasteiger partial charge >= 0.3 is 0 Å². The number of piperidine rings is 2. The molecule has 0 radical (unpaired) electrons. The molecule has 4 fully saturated rings. The molecular weight excluding hydrogens is 380 g/mol. The van der Waals surface area contributed by atoms with Gasteiger partial charge in [-0.25, -0.2) is 0 Å². The second-order valence-electron chi connectivity index (χ2n) is 11.0. The normalized spacial score (nSPS) is 37.6. The maximum atomic E-state index is 11.5. The zero-order valence-electron chi connectivity index (χ0n) is 19.0. The Bertz CT molecular complexity index is 589. The van der Waals surface area contributed by atoms with E-state index in [2.05, 4.69) is 46.7 Å². The van der Waals surface area contributed by atoms with Crippen LogP contribution in [0.15, 0.2) is 0 Å². The lowest BCUT2D eigenvalue weighted by atomic mass is 9.90. The SMILES string of the molecule is CC(C)(C)CN1CCCC1C1NC(C2CCNC(N3CCC(C(N)=O)CC3)C2)NO1. The van der Waals surface area contributed by atoms with E-state index in [9.17, 15) is 4.79 Å². The van der Waals surface area contributed by atoms with E-state index in [0.29, 0.717) is 23.5 Å². The monoisotopic (exact) mass is 422 g/mol. The van der Waals surface area contributed by atoms with Gasteiger partial charge in [0.15, 0.2) is 0 Å². The first-order valence-electron chi connectivity index (χ1n) is 12.0. The number of nitrogens with zero attached hydrogens (tertiary/aromatic N) is 2. The molecule has 0 saturated carbocycles. The van der Waals surface area contributed by atoms with Crippen molar-refractivity contribution in [3.63, 3.8) is 0 Å². The van der Waals surface area contributed by atoms with Gasteiger partial charge in [-0.1, -0.05) is 20.8 Å². The highest BCUT2D eigenvalue weighted by molar-refractivity contribution is 5.76. The molecule has 0 aromatic heterocycles. The molecule has 8 nitrogen and oxygen atoms in total. The Morgan fingerprint density at radius 2 is 1.90 bits per heavy atom. The molecule has 30 heavy (non-hydrogen) atoms. The molecule has 4 rings (SSSR count). The lowest BCUT2D eigenvalue weighted by molar-refractivity contribution is -0.123. The average molecular weight is 423 g/mol. The zero-order valence-corrected chi connectivity index (χ0v) is 19.0. The van der Waals surface area contributed by atoms with Crippen LogP contribution in [0.25, 0.3) is 0 Å². The maximum Gasteiger partial charge on any atom is 0.220 e. The number of amides is 1. The average Bonchev–Trinajstić information content (AvgIpc) is 3.36. The van der Waals surface area contributed by atoms with Crippen LogP contribution in [0.4, 0.5) is 0 Å². The minimum Gasteiger partial charge on any atom is -0.369 e. The van der Waals surface area contributed by atoms with Gasteiger partial charge in [0.2, 0.25) is 5.91 Å². The Kier molecular flexibility index (Phi) is 7.01. The van der Waals surface area contributed by atoms with E-state index in [1.807, 2.05) is 0 Å². The van der Waals surface area contributed by atoms with Gasteiger partial charge in [-0.2, -0.15) is 5.48 Å². The van der Waals surface area contributed by atoms with E-state index in [4.69, 9.17) is 10.6 Å². The van der Waals surface area contributed by atoms with E-state index in [1.165, 1.54) is 19.4 Å². The fourth-order valence-electron chi connectivity index (χ4n) is 5.81. The number of likely N-dealkylation sites (tertiary alicyclic amines) is 2. The van der Waals surface area contributed by atoms with Crippen LogP contribution < -0.4 is 21.8 Å². The molecule has 0 aliphatic carbocycles. The number of primary amides is 1. The van der Waals surface area contributed by atoms with Crippen molar-refractivity contribution in [3.05, 3.63) is 0 Å². The number of nitrogens with one attached hydrogen (secondary N) is 3. The highest BCUT2D eigenvalue weighted by Crippen LogP contribution is 2.30. The summed E-state index contributed by atoms with van der Waals surface area (Å²) in [6, 6.07) is 0.451. The molecule has 4 saturated heterocycles. The Morgan fingerprint density at radius 1 is 1.13 bits per heavy atom.